The minimum atomic E-state index is -1.000. The van der Waals surface area contributed by atoms with E-state index in [0.29, 0.717) is 11.1 Å². The molecule has 4 rings (SSSR count). The minimum Gasteiger partial charge on any atom is -0.508 e. The average Bonchev–Trinajstić information content (AvgIpc) is 3.15. The van der Waals surface area contributed by atoms with E-state index in [1.54, 1.807) is 30.3 Å². The van der Waals surface area contributed by atoms with E-state index in [-0.39, 0.29) is 37.7 Å². The number of hydrogen-bond acceptors (Lipinski definition) is 9. The third-order valence-electron chi connectivity index (χ3n) is 5.38. The highest BCUT2D eigenvalue weighted by Crippen LogP contribution is 2.38. The lowest BCUT2D eigenvalue weighted by molar-refractivity contribution is -0.136. The van der Waals surface area contributed by atoms with Gasteiger partial charge in [-0.1, -0.05) is 24.3 Å². The first kappa shape index (κ1) is 22.9. The molecule has 1 aromatic heterocycles. The van der Waals surface area contributed by atoms with Gasteiger partial charge >= 0.3 is 11.9 Å². The van der Waals surface area contributed by atoms with Gasteiger partial charge in [0, 0.05) is 0 Å². The Morgan fingerprint density at radius 1 is 0.941 bits per heavy atom. The number of phenols is 2. The maximum atomic E-state index is 13.3. The van der Waals surface area contributed by atoms with Gasteiger partial charge in [0.25, 0.3) is 5.56 Å². The zero-order valence-corrected chi connectivity index (χ0v) is 19.0. The third kappa shape index (κ3) is 3.84. The second kappa shape index (κ2) is 8.91. The maximum Gasteiger partial charge on any atom is 0.338 e. The van der Waals surface area contributed by atoms with Crippen LogP contribution in [0.1, 0.15) is 17.0 Å². The van der Waals surface area contributed by atoms with Crippen molar-refractivity contribution in [2.24, 2.45) is 5.73 Å². The van der Waals surface area contributed by atoms with Crippen molar-refractivity contribution in [1.82, 2.24) is 4.57 Å². The molecule has 3 aromatic rings. The molecular weight excluding hydrogens is 460 g/mol. The Bertz CT molecular complexity index is 1500. The molecule has 0 aliphatic carbocycles. The number of nitrogens with two attached hydrogens (primary N) is 1. The summed E-state index contributed by atoms with van der Waals surface area (Å²) in [7, 11) is 2.37. The summed E-state index contributed by atoms with van der Waals surface area (Å²) < 4.78 is 11.5. The first-order chi connectivity index (χ1) is 16.3. The molecule has 2 aromatic carbocycles. The lowest BCUT2D eigenvalue weighted by Gasteiger charge is -2.26. The lowest BCUT2D eigenvalue weighted by Crippen LogP contribution is -2.41. The maximum absolute atomic E-state index is 13.3. The largest absolute Gasteiger partial charge is 0.508 e. The molecule has 0 saturated heterocycles. The van der Waals surface area contributed by atoms with Crippen molar-refractivity contribution in [3.05, 3.63) is 84.8 Å². The molecule has 4 N–H and O–H groups in total. The molecule has 34 heavy (non-hydrogen) atoms. The Hall–Kier alpha value is -4.31. The number of aromatic hydroxyl groups is 2. The number of nitrogens with zero attached hydrogens (tertiary/aromatic N) is 1. The van der Waals surface area contributed by atoms with Crippen LogP contribution in [0.4, 0.5) is 0 Å². The number of thiazole rings is 1. The Labute approximate surface area is 196 Å². The van der Waals surface area contributed by atoms with E-state index >= 15 is 0 Å². The number of ether oxygens (including phenoxy) is 2. The van der Waals surface area contributed by atoms with Gasteiger partial charge in [0.05, 0.1) is 35.8 Å². The Morgan fingerprint density at radius 3 is 2.03 bits per heavy atom. The van der Waals surface area contributed by atoms with Crippen LogP contribution < -0.4 is 20.5 Å². The van der Waals surface area contributed by atoms with Crippen LogP contribution >= 0.6 is 11.3 Å². The summed E-state index contributed by atoms with van der Waals surface area (Å²) in [4.78, 5) is 39.1. The van der Waals surface area contributed by atoms with Gasteiger partial charge in [-0.05, 0) is 41.5 Å². The molecule has 0 fully saturated rings. The molecule has 174 valence electrons. The van der Waals surface area contributed by atoms with Crippen LogP contribution in [-0.2, 0) is 19.1 Å². The molecule has 0 radical (unpaired) electrons. The van der Waals surface area contributed by atoms with Crippen LogP contribution in [0, 0.1) is 0 Å². The van der Waals surface area contributed by atoms with Crippen LogP contribution in [0.3, 0.4) is 0 Å². The number of methoxy groups -OCH3 is 2. The molecule has 2 heterocycles. The number of phenolic OH excluding ortho intramolecular Hbond substituents is 2. The monoisotopic (exact) mass is 480 g/mol. The number of carbonyl (C=O) groups excluding carboxylic acids is 2. The van der Waals surface area contributed by atoms with Gasteiger partial charge in [-0.25, -0.2) is 9.59 Å². The van der Waals surface area contributed by atoms with E-state index in [1.165, 1.54) is 38.5 Å². The zero-order valence-electron chi connectivity index (χ0n) is 18.1. The number of esters is 2. The predicted molar refractivity (Wildman–Crippen MR) is 125 cm³/mol. The molecule has 10 heteroatoms. The molecule has 9 nitrogen and oxygen atoms in total. The highest BCUT2D eigenvalue weighted by atomic mass is 32.1. The van der Waals surface area contributed by atoms with E-state index in [1.807, 2.05) is 0 Å². The number of benzene rings is 2. The van der Waals surface area contributed by atoms with Crippen molar-refractivity contribution >= 4 is 40.7 Å². The highest BCUT2D eigenvalue weighted by Gasteiger charge is 2.39. The van der Waals surface area contributed by atoms with Crippen molar-refractivity contribution in [2.45, 2.75) is 5.92 Å². The normalized spacial score (nSPS) is 15.8. The summed E-state index contributed by atoms with van der Waals surface area (Å²) in [5, 5.41) is 19.2. The summed E-state index contributed by atoms with van der Waals surface area (Å²) in [5.41, 5.74) is 6.86. The zero-order chi connectivity index (χ0) is 24.6. The summed E-state index contributed by atoms with van der Waals surface area (Å²) in [6.45, 7) is 0. The molecule has 0 bridgehead atoms. The van der Waals surface area contributed by atoms with Crippen LogP contribution in [-0.4, -0.2) is 40.9 Å². The van der Waals surface area contributed by atoms with Gasteiger partial charge in [-0.15, -0.1) is 11.3 Å². The summed E-state index contributed by atoms with van der Waals surface area (Å²) in [6.07, 6.45) is 1.59. The van der Waals surface area contributed by atoms with Crippen molar-refractivity contribution in [2.75, 3.05) is 14.2 Å². The van der Waals surface area contributed by atoms with E-state index in [9.17, 15) is 24.6 Å². The molecule has 0 spiro atoms. The van der Waals surface area contributed by atoms with E-state index in [4.69, 9.17) is 15.2 Å². The fourth-order valence-corrected chi connectivity index (χ4v) is 4.95. The molecule has 1 atom stereocenters. The molecule has 0 saturated carbocycles. The van der Waals surface area contributed by atoms with Crippen LogP contribution in [0.2, 0.25) is 0 Å². The third-order valence-corrected chi connectivity index (χ3v) is 6.48. The Morgan fingerprint density at radius 2 is 1.47 bits per heavy atom. The van der Waals surface area contributed by atoms with Crippen molar-refractivity contribution in [1.29, 1.82) is 0 Å². The van der Waals surface area contributed by atoms with E-state index in [0.717, 1.165) is 15.9 Å². The smallest absolute Gasteiger partial charge is 0.338 e. The summed E-state index contributed by atoms with van der Waals surface area (Å²) >= 11 is 1.02. The quantitative estimate of drug-likeness (QED) is 0.461. The highest BCUT2D eigenvalue weighted by molar-refractivity contribution is 7.07. The number of fused-ring (bicyclic) bond motifs is 1. The lowest BCUT2D eigenvalue weighted by atomic mass is 9.83. The topological polar surface area (TPSA) is 141 Å². The van der Waals surface area contributed by atoms with Gasteiger partial charge in [-0.3, -0.25) is 9.36 Å². The van der Waals surface area contributed by atoms with Gasteiger partial charge in [-0.2, -0.15) is 0 Å². The van der Waals surface area contributed by atoms with Crippen molar-refractivity contribution < 1.29 is 29.3 Å². The first-order valence-electron chi connectivity index (χ1n) is 9.99. The van der Waals surface area contributed by atoms with E-state index < -0.39 is 23.4 Å². The second-order valence-electron chi connectivity index (χ2n) is 7.37. The number of hydrogen-bond donors (Lipinski definition) is 3. The fraction of sp³-hybridized carbons (Fsp3) is 0.125. The van der Waals surface area contributed by atoms with Gasteiger partial charge in [0.2, 0.25) is 0 Å². The first-order valence-corrected chi connectivity index (χ1v) is 10.8. The standard InChI is InChI=1S/C24H20N2O7S/c1-32-23(30)18-17(13-5-9-15(28)10-6-13)19(24(31)33-2)22-26(20(18)25)21(29)16(34-22)11-12-3-7-14(27)8-4-12/h3-11,17,27-28H,25H2,1-2H3/b16-11-/t17-/m1/s1. The summed E-state index contributed by atoms with van der Waals surface area (Å²) in [6, 6.07) is 12.1. The van der Waals surface area contributed by atoms with Gasteiger partial charge in [0.15, 0.2) is 0 Å². The second-order valence-corrected chi connectivity index (χ2v) is 8.40. The SMILES string of the molecule is COC(=O)C1=C(N)n2c(s/c(=C\c3ccc(O)cc3)c2=O)=C(C(=O)OC)[C@@H]1c1ccc(O)cc1. The van der Waals surface area contributed by atoms with Crippen LogP contribution in [0.15, 0.2) is 58.9 Å². The van der Waals surface area contributed by atoms with Crippen molar-refractivity contribution in [3.63, 3.8) is 0 Å². The molecular formula is C24H20N2O7S. The summed E-state index contributed by atoms with van der Waals surface area (Å²) in [5.74, 6) is -2.66. The fourth-order valence-electron chi connectivity index (χ4n) is 3.79. The Kier molecular flexibility index (Phi) is 5.99. The predicted octanol–water partition coefficient (Wildman–Crippen LogP) is 0.571. The van der Waals surface area contributed by atoms with Crippen molar-refractivity contribution in [3.8, 4) is 11.5 Å². The number of carbonyl (C=O) groups is 2. The van der Waals surface area contributed by atoms with Gasteiger partial charge < -0.3 is 25.4 Å². The number of rotatable bonds is 4. The molecule has 1 aliphatic heterocycles. The van der Waals surface area contributed by atoms with Crippen LogP contribution in [0.5, 0.6) is 11.5 Å². The Balaban J connectivity index is 2.11. The molecule has 0 unspecified atom stereocenters. The minimum absolute atomic E-state index is 0.00503. The molecule has 0 amide bonds. The molecule has 1 aliphatic rings. The van der Waals surface area contributed by atoms with Crippen LogP contribution in [0.25, 0.3) is 17.5 Å². The van der Waals surface area contributed by atoms with Gasteiger partial charge in [0.1, 0.15) is 22.0 Å². The number of aromatic nitrogens is 1. The average molecular weight is 480 g/mol. The van der Waals surface area contributed by atoms with E-state index in [2.05, 4.69) is 0 Å².